The lowest BCUT2D eigenvalue weighted by molar-refractivity contribution is -0.121. The summed E-state index contributed by atoms with van der Waals surface area (Å²) in [5, 5.41) is 3.94. The molecule has 1 unspecified atom stereocenters. The van der Waals surface area contributed by atoms with Gasteiger partial charge in [0.15, 0.2) is 0 Å². The first-order valence-corrected chi connectivity index (χ1v) is 5.72. The van der Waals surface area contributed by atoms with Gasteiger partial charge in [0.2, 0.25) is 5.91 Å². The topological polar surface area (TPSA) is 55.1 Å². The van der Waals surface area contributed by atoms with Gasteiger partial charge >= 0.3 is 0 Å². The molecule has 1 atom stereocenters. The third-order valence-electron chi connectivity index (χ3n) is 2.44. The molecule has 0 aromatic heterocycles. The van der Waals surface area contributed by atoms with Crippen molar-refractivity contribution in [3.05, 3.63) is 34.9 Å². The number of nitrogens with one attached hydrogen (secondary N) is 1. The van der Waals surface area contributed by atoms with Crippen LogP contribution in [0.2, 0.25) is 5.02 Å². The normalized spacial score (nSPS) is 12.4. The summed E-state index contributed by atoms with van der Waals surface area (Å²) in [6, 6.07) is 7.76. The number of halogens is 1. The second kappa shape index (κ2) is 6.51. The molecule has 88 valence electrons. The molecule has 0 spiro atoms. The van der Waals surface area contributed by atoms with Gasteiger partial charge in [-0.3, -0.25) is 4.79 Å². The van der Waals surface area contributed by atoms with Crippen molar-refractivity contribution in [1.29, 1.82) is 0 Å². The van der Waals surface area contributed by atoms with Crippen molar-refractivity contribution in [3.63, 3.8) is 0 Å². The van der Waals surface area contributed by atoms with E-state index in [1.165, 1.54) is 5.56 Å². The second-order valence-electron chi connectivity index (χ2n) is 3.88. The number of carbonyl (C=O) groups excluding carboxylic acids is 1. The van der Waals surface area contributed by atoms with Gasteiger partial charge in [0, 0.05) is 17.5 Å². The van der Waals surface area contributed by atoms with E-state index in [9.17, 15) is 4.79 Å². The maximum atomic E-state index is 10.8. The van der Waals surface area contributed by atoms with Crippen LogP contribution in [0.15, 0.2) is 24.3 Å². The molecule has 1 aromatic rings. The fourth-order valence-corrected chi connectivity index (χ4v) is 1.43. The third kappa shape index (κ3) is 4.64. The summed E-state index contributed by atoms with van der Waals surface area (Å²) in [4.78, 5) is 10.8. The molecular weight excluding hydrogens is 224 g/mol. The maximum absolute atomic E-state index is 10.8. The number of hydrogen-bond acceptors (Lipinski definition) is 2. The minimum Gasteiger partial charge on any atom is -0.369 e. The summed E-state index contributed by atoms with van der Waals surface area (Å²) < 4.78 is 0. The van der Waals surface area contributed by atoms with Crippen LogP contribution in [-0.2, 0) is 11.2 Å². The van der Waals surface area contributed by atoms with Crippen LogP contribution in [0.25, 0.3) is 0 Å². The number of hydrogen-bond donors (Lipinski definition) is 2. The predicted molar refractivity (Wildman–Crippen MR) is 66.4 cm³/mol. The van der Waals surface area contributed by atoms with E-state index in [4.69, 9.17) is 17.3 Å². The van der Waals surface area contributed by atoms with Crippen LogP contribution in [0.5, 0.6) is 0 Å². The van der Waals surface area contributed by atoms with E-state index in [1.54, 1.807) is 0 Å². The molecule has 0 saturated carbocycles. The van der Waals surface area contributed by atoms with Crippen LogP contribution in [0.1, 0.15) is 12.5 Å². The van der Waals surface area contributed by atoms with Crippen molar-refractivity contribution in [3.8, 4) is 0 Å². The molecule has 1 amide bonds. The highest BCUT2D eigenvalue weighted by Gasteiger charge is 2.06. The first-order chi connectivity index (χ1) is 7.59. The van der Waals surface area contributed by atoms with Gasteiger partial charge in [-0.1, -0.05) is 30.7 Å². The zero-order valence-corrected chi connectivity index (χ0v) is 10.1. The molecule has 1 rings (SSSR count). The summed E-state index contributed by atoms with van der Waals surface area (Å²) >= 11 is 5.78. The lowest BCUT2D eigenvalue weighted by Crippen LogP contribution is -2.31. The smallest absolute Gasteiger partial charge is 0.221 e. The zero-order chi connectivity index (χ0) is 12.0. The van der Waals surface area contributed by atoms with E-state index < -0.39 is 0 Å². The molecular formula is C12H17ClN2O. The standard InChI is InChI=1S/C12H17ClN2O/c1-9(12(14)16)8-15-7-6-10-2-4-11(13)5-3-10/h2-5,9,15H,6-8H2,1H3,(H2,14,16). The Labute approximate surface area is 101 Å². The molecule has 3 nitrogen and oxygen atoms in total. The minimum atomic E-state index is -0.265. The van der Waals surface area contributed by atoms with Crippen LogP contribution < -0.4 is 11.1 Å². The number of rotatable bonds is 6. The SMILES string of the molecule is CC(CNCCc1ccc(Cl)cc1)C(N)=O. The molecule has 0 bridgehead atoms. The highest BCUT2D eigenvalue weighted by Crippen LogP contribution is 2.09. The summed E-state index contributed by atoms with van der Waals surface area (Å²) in [7, 11) is 0. The van der Waals surface area contributed by atoms with Gasteiger partial charge in [0.25, 0.3) is 0 Å². The van der Waals surface area contributed by atoms with Crippen molar-refractivity contribution < 1.29 is 4.79 Å². The van der Waals surface area contributed by atoms with Gasteiger partial charge in [0.1, 0.15) is 0 Å². The van der Waals surface area contributed by atoms with Crippen molar-refractivity contribution >= 4 is 17.5 Å². The van der Waals surface area contributed by atoms with Crippen molar-refractivity contribution in [2.75, 3.05) is 13.1 Å². The summed E-state index contributed by atoms with van der Waals surface area (Å²) in [6.07, 6.45) is 0.919. The molecule has 0 radical (unpaired) electrons. The molecule has 0 fully saturated rings. The van der Waals surface area contributed by atoms with Gasteiger partial charge in [-0.05, 0) is 30.7 Å². The fraction of sp³-hybridized carbons (Fsp3) is 0.417. The Balaban J connectivity index is 2.21. The van der Waals surface area contributed by atoms with E-state index in [-0.39, 0.29) is 11.8 Å². The quantitative estimate of drug-likeness (QED) is 0.742. The largest absolute Gasteiger partial charge is 0.369 e. The van der Waals surface area contributed by atoms with Gasteiger partial charge in [0.05, 0.1) is 0 Å². The Bertz CT molecular complexity index is 337. The molecule has 16 heavy (non-hydrogen) atoms. The lowest BCUT2D eigenvalue weighted by atomic mass is 10.1. The number of benzene rings is 1. The molecule has 3 N–H and O–H groups in total. The highest BCUT2D eigenvalue weighted by molar-refractivity contribution is 6.30. The predicted octanol–water partition coefficient (Wildman–Crippen LogP) is 1.59. The van der Waals surface area contributed by atoms with Crippen LogP contribution in [0.4, 0.5) is 0 Å². The Morgan fingerprint density at radius 3 is 2.62 bits per heavy atom. The van der Waals surface area contributed by atoms with E-state index >= 15 is 0 Å². The molecule has 0 saturated heterocycles. The van der Waals surface area contributed by atoms with Crippen LogP contribution >= 0.6 is 11.6 Å². The summed E-state index contributed by atoms with van der Waals surface area (Å²) in [5.74, 6) is -0.385. The van der Waals surface area contributed by atoms with Crippen LogP contribution in [0, 0.1) is 5.92 Å². The van der Waals surface area contributed by atoms with Crippen molar-refractivity contribution in [2.45, 2.75) is 13.3 Å². The first-order valence-electron chi connectivity index (χ1n) is 5.34. The highest BCUT2D eigenvalue weighted by atomic mass is 35.5. The molecule has 0 aliphatic rings. The minimum absolute atomic E-state index is 0.120. The number of primary amides is 1. The molecule has 4 heteroatoms. The lowest BCUT2D eigenvalue weighted by Gasteiger charge is -2.08. The van der Waals surface area contributed by atoms with E-state index in [2.05, 4.69) is 5.32 Å². The van der Waals surface area contributed by atoms with E-state index in [0.717, 1.165) is 18.0 Å². The Morgan fingerprint density at radius 1 is 1.44 bits per heavy atom. The number of carbonyl (C=O) groups is 1. The third-order valence-corrected chi connectivity index (χ3v) is 2.69. The molecule has 0 aliphatic carbocycles. The summed E-state index contributed by atoms with van der Waals surface area (Å²) in [6.45, 7) is 3.28. The Kier molecular flexibility index (Phi) is 5.29. The van der Waals surface area contributed by atoms with E-state index in [0.29, 0.717) is 6.54 Å². The zero-order valence-electron chi connectivity index (χ0n) is 9.37. The van der Waals surface area contributed by atoms with Gasteiger partial charge in [-0.2, -0.15) is 0 Å². The monoisotopic (exact) mass is 240 g/mol. The average Bonchev–Trinajstić information content (AvgIpc) is 2.26. The fourth-order valence-electron chi connectivity index (χ4n) is 1.30. The average molecular weight is 241 g/mol. The van der Waals surface area contributed by atoms with Crippen molar-refractivity contribution in [1.82, 2.24) is 5.32 Å². The maximum Gasteiger partial charge on any atom is 0.221 e. The van der Waals surface area contributed by atoms with Gasteiger partial charge < -0.3 is 11.1 Å². The first kappa shape index (κ1) is 13.0. The Hall–Kier alpha value is -1.06. The second-order valence-corrected chi connectivity index (χ2v) is 4.32. The summed E-state index contributed by atoms with van der Waals surface area (Å²) in [5.41, 5.74) is 6.38. The van der Waals surface area contributed by atoms with Crippen molar-refractivity contribution in [2.24, 2.45) is 11.7 Å². The van der Waals surface area contributed by atoms with Crippen LogP contribution in [-0.4, -0.2) is 19.0 Å². The van der Waals surface area contributed by atoms with Gasteiger partial charge in [-0.25, -0.2) is 0 Å². The Morgan fingerprint density at radius 2 is 2.06 bits per heavy atom. The number of amides is 1. The number of nitrogens with two attached hydrogens (primary N) is 1. The van der Waals surface area contributed by atoms with E-state index in [1.807, 2.05) is 31.2 Å². The van der Waals surface area contributed by atoms with Crippen LogP contribution in [0.3, 0.4) is 0 Å². The van der Waals surface area contributed by atoms with Gasteiger partial charge in [-0.15, -0.1) is 0 Å². The molecule has 0 aliphatic heterocycles. The molecule has 1 aromatic carbocycles. The molecule has 0 heterocycles.